The van der Waals surface area contributed by atoms with Crippen LogP contribution in [0.2, 0.25) is 0 Å². The molecular formula is C17H23N3O2. The van der Waals surface area contributed by atoms with Crippen molar-refractivity contribution in [3.63, 3.8) is 0 Å². The second-order valence-corrected chi connectivity index (χ2v) is 6.49. The summed E-state index contributed by atoms with van der Waals surface area (Å²) in [6.07, 6.45) is 9.76. The fourth-order valence-electron chi connectivity index (χ4n) is 3.49. The summed E-state index contributed by atoms with van der Waals surface area (Å²) in [5.41, 5.74) is 1.67. The Hall–Kier alpha value is -1.75. The van der Waals surface area contributed by atoms with E-state index in [1.54, 1.807) is 18.5 Å². The van der Waals surface area contributed by atoms with E-state index >= 15 is 0 Å². The topological polar surface area (TPSA) is 55.3 Å². The van der Waals surface area contributed by atoms with E-state index in [1.807, 2.05) is 11.8 Å². The molecule has 5 heteroatoms. The van der Waals surface area contributed by atoms with Gasteiger partial charge in [-0.05, 0) is 38.0 Å². The van der Waals surface area contributed by atoms with Crippen LogP contribution in [0.4, 0.5) is 0 Å². The minimum Gasteiger partial charge on any atom is -0.374 e. The van der Waals surface area contributed by atoms with Gasteiger partial charge in [-0.15, -0.1) is 6.58 Å². The predicted octanol–water partition coefficient (Wildman–Crippen LogP) is 2.37. The van der Waals surface area contributed by atoms with Gasteiger partial charge in [0.05, 0.1) is 24.6 Å². The molecule has 5 nitrogen and oxygen atoms in total. The lowest BCUT2D eigenvalue weighted by Gasteiger charge is -2.51. The molecule has 0 N–H and O–H groups in total. The Labute approximate surface area is 131 Å². The van der Waals surface area contributed by atoms with Gasteiger partial charge in [0, 0.05) is 19.3 Å². The van der Waals surface area contributed by atoms with E-state index in [2.05, 4.69) is 16.5 Å². The summed E-state index contributed by atoms with van der Waals surface area (Å²) in [7, 11) is 0. The summed E-state index contributed by atoms with van der Waals surface area (Å²) in [6, 6.07) is 0. The first-order valence-corrected chi connectivity index (χ1v) is 7.92. The highest BCUT2D eigenvalue weighted by Crippen LogP contribution is 2.50. The van der Waals surface area contributed by atoms with Crippen LogP contribution in [0.1, 0.15) is 41.9 Å². The summed E-state index contributed by atoms with van der Waals surface area (Å²) in [5.74, 6) is 0.00105. The maximum absolute atomic E-state index is 12.4. The zero-order valence-electron chi connectivity index (χ0n) is 13.1. The Kier molecular flexibility index (Phi) is 4.25. The molecule has 1 aromatic rings. The van der Waals surface area contributed by atoms with Crippen molar-refractivity contribution >= 4 is 5.91 Å². The number of amides is 1. The smallest absolute Gasteiger partial charge is 0.274 e. The van der Waals surface area contributed by atoms with Crippen LogP contribution in [-0.2, 0) is 4.74 Å². The van der Waals surface area contributed by atoms with Crippen molar-refractivity contribution in [3.8, 4) is 0 Å². The second-order valence-electron chi connectivity index (χ2n) is 6.49. The molecule has 3 rings (SSSR count). The van der Waals surface area contributed by atoms with Gasteiger partial charge in [0.2, 0.25) is 0 Å². The predicted molar refractivity (Wildman–Crippen MR) is 83.5 cm³/mol. The van der Waals surface area contributed by atoms with E-state index in [9.17, 15) is 4.79 Å². The normalized spacial score (nSPS) is 20.7. The molecule has 118 valence electrons. The molecule has 0 bridgehead atoms. The third-order valence-corrected chi connectivity index (χ3v) is 4.88. The van der Waals surface area contributed by atoms with Crippen molar-refractivity contribution in [1.82, 2.24) is 14.9 Å². The van der Waals surface area contributed by atoms with Crippen LogP contribution in [0.3, 0.4) is 0 Å². The maximum atomic E-state index is 12.4. The summed E-state index contributed by atoms with van der Waals surface area (Å²) < 4.78 is 5.69. The number of likely N-dealkylation sites (tertiary alicyclic amines) is 1. The minimum atomic E-state index is 0.00105. The van der Waals surface area contributed by atoms with Gasteiger partial charge in [0.25, 0.3) is 5.91 Å². The largest absolute Gasteiger partial charge is 0.374 e. The van der Waals surface area contributed by atoms with Crippen LogP contribution in [-0.4, -0.2) is 46.6 Å². The molecule has 1 spiro atoms. The van der Waals surface area contributed by atoms with E-state index in [0.29, 0.717) is 23.8 Å². The lowest BCUT2D eigenvalue weighted by atomic mass is 9.61. The minimum absolute atomic E-state index is 0.00105. The Bertz CT molecular complexity index is 540. The van der Waals surface area contributed by atoms with E-state index < -0.39 is 0 Å². The lowest BCUT2D eigenvalue weighted by molar-refractivity contribution is -0.0941. The number of rotatable bonds is 4. The standard InChI is InChI=1S/C17H23N3O2/c1-3-8-22-14-9-17(10-14)4-6-20(7-5-17)16(21)15-12-18-13(2)11-19-15/h3,11-12,14H,1,4-10H2,2H3. The van der Waals surface area contributed by atoms with Gasteiger partial charge in [-0.3, -0.25) is 9.78 Å². The summed E-state index contributed by atoms with van der Waals surface area (Å²) in [4.78, 5) is 22.7. The van der Waals surface area contributed by atoms with Gasteiger partial charge in [-0.2, -0.15) is 0 Å². The zero-order valence-corrected chi connectivity index (χ0v) is 13.1. The molecule has 1 aromatic heterocycles. The van der Waals surface area contributed by atoms with Gasteiger partial charge in [-0.1, -0.05) is 6.08 Å². The lowest BCUT2D eigenvalue weighted by Crippen LogP contribution is -2.51. The number of aryl methyl sites for hydroxylation is 1. The fourth-order valence-corrected chi connectivity index (χ4v) is 3.49. The Morgan fingerprint density at radius 1 is 1.41 bits per heavy atom. The summed E-state index contributed by atoms with van der Waals surface area (Å²) in [6.45, 7) is 7.80. The first kappa shape index (κ1) is 15.2. The fraction of sp³-hybridized carbons (Fsp3) is 0.588. The van der Waals surface area contributed by atoms with Crippen LogP contribution < -0.4 is 0 Å². The number of carbonyl (C=O) groups excluding carboxylic acids is 1. The number of carbonyl (C=O) groups is 1. The van der Waals surface area contributed by atoms with Gasteiger partial charge in [-0.25, -0.2) is 4.98 Å². The van der Waals surface area contributed by atoms with Crippen LogP contribution in [0.15, 0.2) is 25.0 Å². The third-order valence-electron chi connectivity index (χ3n) is 4.88. The van der Waals surface area contributed by atoms with Crippen molar-refractivity contribution in [1.29, 1.82) is 0 Å². The number of hydrogen-bond acceptors (Lipinski definition) is 4. The van der Waals surface area contributed by atoms with Gasteiger partial charge in [0.1, 0.15) is 5.69 Å². The van der Waals surface area contributed by atoms with Crippen molar-refractivity contribution in [2.45, 2.75) is 38.7 Å². The number of ether oxygens (including phenoxy) is 1. The maximum Gasteiger partial charge on any atom is 0.274 e. The van der Waals surface area contributed by atoms with Crippen LogP contribution in [0.5, 0.6) is 0 Å². The third kappa shape index (κ3) is 3.04. The second kappa shape index (κ2) is 6.16. The van der Waals surface area contributed by atoms with Gasteiger partial charge >= 0.3 is 0 Å². The molecular weight excluding hydrogens is 278 g/mol. The van der Waals surface area contributed by atoms with Crippen molar-refractivity contribution in [2.75, 3.05) is 19.7 Å². The highest BCUT2D eigenvalue weighted by Gasteiger charge is 2.46. The quantitative estimate of drug-likeness (QED) is 0.801. The Morgan fingerprint density at radius 3 is 2.73 bits per heavy atom. The average molecular weight is 301 g/mol. The number of aromatic nitrogens is 2. The molecule has 1 saturated heterocycles. The molecule has 0 radical (unpaired) electrons. The Balaban J connectivity index is 1.51. The monoisotopic (exact) mass is 301 g/mol. The summed E-state index contributed by atoms with van der Waals surface area (Å²) in [5, 5.41) is 0. The van der Waals surface area contributed by atoms with Crippen molar-refractivity contribution in [3.05, 3.63) is 36.4 Å². The number of nitrogens with zero attached hydrogens (tertiary/aromatic N) is 3. The zero-order chi connectivity index (χ0) is 15.6. The molecule has 0 atom stereocenters. The number of piperidine rings is 1. The van der Waals surface area contributed by atoms with Crippen LogP contribution in [0.25, 0.3) is 0 Å². The van der Waals surface area contributed by atoms with E-state index in [-0.39, 0.29) is 5.91 Å². The molecule has 2 fully saturated rings. The first-order valence-electron chi connectivity index (χ1n) is 7.92. The molecule has 2 heterocycles. The average Bonchev–Trinajstić information content (AvgIpc) is 2.51. The SMILES string of the molecule is C=CCOC1CC2(CCN(C(=O)c3cnc(C)cn3)CC2)C1. The van der Waals surface area contributed by atoms with Crippen LogP contribution in [0, 0.1) is 12.3 Å². The number of hydrogen-bond donors (Lipinski definition) is 0. The molecule has 2 aliphatic rings. The van der Waals surface area contributed by atoms with Crippen molar-refractivity contribution in [2.24, 2.45) is 5.41 Å². The van der Waals surface area contributed by atoms with Crippen molar-refractivity contribution < 1.29 is 9.53 Å². The highest BCUT2D eigenvalue weighted by molar-refractivity contribution is 5.92. The molecule has 1 amide bonds. The first-order chi connectivity index (χ1) is 10.6. The van der Waals surface area contributed by atoms with E-state index in [1.165, 1.54) is 0 Å². The Morgan fingerprint density at radius 2 is 2.14 bits per heavy atom. The molecule has 0 aromatic carbocycles. The van der Waals surface area contributed by atoms with E-state index in [4.69, 9.17) is 4.74 Å². The summed E-state index contributed by atoms with van der Waals surface area (Å²) >= 11 is 0. The molecule has 1 aliphatic heterocycles. The van der Waals surface area contributed by atoms with E-state index in [0.717, 1.165) is 44.5 Å². The molecule has 22 heavy (non-hydrogen) atoms. The molecule has 0 unspecified atom stereocenters. The molecule has 1 saturated carbocycles. The van der Waals surface area contributed by atoms with Crippen LogP contribution >= 0.6 is 0 Å². The highest BCUT2D eigenvalue weighted by atomic mass is 16.5. The van der Waals surface area contributed by atoms with Gasteiger partial charge in [0.15, 0.2) is 0 Å². The van der Waals surface area contributed by atoms with Gasteiger partial charge < -0.3 is 9.64 Å². The molecule has 1 aliphatic carbocycles.